The van der Waals surface area contributed by atoms with E-state index in [1.165, 1.54) is 11.8 Å². The molecule has 0 radical (unpaired) electrons. The predicted octanol–water partition coefficient (Wildman–Crippen LogP) is 4.74. The van der Waals surface area contributed by atoms with Gasteiger partial charge in [-0.25, -0.2) is 4.98 Å². The molecule has 0 aliphatic carbocycles. The number of thioether (sulfide) groups is 1. The summed E-state index contributed by atoms with van der Waals surface area (Å²) in [6.45, 7) is 0.155. The molecule has 1 fully saturated rings. The number of carbonyl (C=O) groups is 2. The summed E-state index contributed by atoms with van der Waals surface area (Å²) in [5, 5.41) is 2.60. The van der Waals surface area contributed by atoms with Gasteiger partial charge in [0.2, 0.25) is 11.8 Å². The van der Waals surface area contributed by atoms with Crippen molar-refractivity contribution in [2.45, 2.75) is 22.7 Å². The van der Waals surface area contributed by atoms with Gasteiger partial charge in [-0.3, -0.25) is 14.5 Å². The molecule has 1 aromatic heterocycles. The summed E-state index contributed by atoms with van der Waals surface area (Å²) in [6, 6.07) is 7.71. The molecule has 0 saturated carbocycles. The van der Waals surface area contributed by atoms with E-state index in [1.807, 2.05) is 0 Å². The smallest absolute Gasteiger partial charge is 0.367 e. The molecule has 1 aliphatic rings. The van der Waals surface area contributed by atoms with Gasteiger partial charge in [-0.2, -0.15) is 13.2 Å². The molecule has 2 aromatic rings. The zero-order chi connectivity index (χ0) is 21.2. The van der Waals surface area contributed by atoms with Gasteiger partial charge in [-0.05, 0) is 30.3 Å². The molecule has 0 bridgehead atoms. The van der Waals surface area contributed by atoms with Crippen molar-refractivity contribution >= 4 is 52.6 Å². The first-order chi connectivity index (χ1) is 13.6. The van der Waals surface area contributed by atoms with E-state index in [1.54, 1.807) is 24.3 Å². The zero-order valence-corrected chi connectivity index (χ0v) is 17.0. The second kappa shape index (κ2) is 8.81. The van der Waals surface area contributed by atoms with Crippen LogP contribution in [0.3, 0.4) is 0 Å². The van der Waals surface area contributed by atoms with Gasteiger partial charge >= 0.3 is 6.18 Å². The number of anilines is 1. The lowest BCUT2D eigenvalue weighted by Gasteiger charge is -2.16. The fourth-order valence-corrected chi connectivity index (χ4v) is 4.10. The molecular weight excluding hydrogens is 450 g/mol. The fourth-order valence-electron chi connectivity index (χ4n) is 2.67. The summed E-state index contributed by atoms with van der Waals surface area (Å²) in [5.41, 5.74) is -0.958. The van der Waals surface area contributed by atoms with Crippen molar-refractivity contribution in [3.8, 4) is 0 Å². The Balaban J connectivity index is 1.56. The van der Waals surface area contributed by atoms with Gasteiger partial charge < -0.3 is 5.32 Å². The number of nitrogens with one attached hydrogen (secondary N) is 1. The highest BCUT2D eigenvalue weighted by Crippen LogP contribution is 2.33. The topological polar surface area (TPSA) is 62.3 Å². The number of likely N-dealkylation sites (tertiary alicyclic amines) is 1. The molecule has 0 spiro atoms. The number of imide groups is 1. The van der Waals surface area contributed by atoms with Gasteiger partial charge in [-0.15, -0.1) is 11.8 Å². The SMILES string of the molecule is O=C1CC(Sc2ccc(Cl)cc2)C(=O)N1CCNc1ncc(C(F)(F)F)cc1Cl. The Hall–Kier alpha value is -1.97. The quantitative estimate of drug-likeness (QED) is 0.626. The molecule has 3 rings (SSSR count). The maximum absolute atomic E-state index is 12.6. The molecule has 1 N–H and O–H groups in total. The van der Waals surface area contributed by atoms with Crippen LogP contribution in [0.4, 0.5) is 19.0 Å². The maximum Gasteiger partial charge on any atom is 0.417 e. The monoisotopic (exact) mass is 463 g/mol. The Kier molecular flexibility index (Phi) is 6.60. The van der Waals surface area contributed by atoms with Gasteiger partial charge in [0.25, 0.3) is 0 Å². The minimum absolute atomic E-state index is 0.0471. The third-order valence-electron chi connectivity index (χ3n) is 4.09. The second-order valence-corrected chi connectivity index (χ2v) is 8.25. The molecule has 1 saturated heterocycles. The summed E-state index contributed by atoms with van der Waals surface area (Å²) in [4.78, 5) is 30.3. The molecule has 2 amide bonds. The number of alkyl halides is 3. The third-order valence-corrected chi connectivity index (χ3v) is 5.83. The van der Waals surface area contributed by atoms with Gasteiger partial charge in [0.15, 0.2) is 0 Å². The van der Waals surface area contributed by atoms with Crippen molar-refractivity contribution in [3.05, 3.63) is 52.1 Å². The van der Waals surface area contributed by atoms with E-state index in [0.717, 1.165) is 15.9 Å². The van der Waals surface area contributed by atoms with E-state index < -0.39 is 17.0 Å². The van der Waals surface area contributed by atoms with Crippen molar-refractivity contribution in [2.24, 2.45) is 0 Å². The minimum Gasteiger partial charge on any atom is -0.367 e. The number of aromatic nitrogens is 1. The van der Waals surface area contributed by atoms with Crippen LogP contribution >= 0.6 is 35.0 Å². The number of halogens is 5. The average molecular weight is 464 g/mol. The molecule has 154 valence electrons. The summed E-state index contributed by atoms with van der Waals surface area (Å²) in [6.07, 6.45) is -3.80. The normalized spacial score (nSPS) is 17.1. The molecule has 2 heterocycles. The van der Waals surface area contributed by atoms with E-state index >= 15 is 0 Å². The third kappa shape index (κ3) is 5.34. The number of carbonyl (C=O) groups excluding carboxylic acids is 2. The Morgan fingerprint density at radius 2 is 1.90 bits per heavy atom. The number of nitrogens with zero attached hydrogens (tertiary/aromatic N) is 2. The maximum atomic E-state index is 12.6. The summed E-state index contributed by atoms with van der Waals surface area (Å²) < 4.78 is 37.9. The number of benzene rings is 1. The van der Waals surface area contributed by atoms with Crippen LogP contribution in [-0.4, -0.2) is 40.0 Å². The first-order valence-electron chi connectivity index (χ1n) is 8.38. The van der Waals surface area contributed by atoms with Crippen LogP contribution in [0, 0.1) is 0 Å². The van der Waals surface area contributed by atoms with Crippen molar-refractivity contribution in [1.82, 2.24) is 9.88 Å². The number of hydrogen-bond acceptors (Lipinski definition) is 5. The first kappa shape index (κ1) is 21.7. The van der Waals surface area contributed by atoms with Crippen LogP contribution in [0.15, 0.2) is 41.4 Å². The summed E-state index contributed by atoms with van der Waals surface area (Å²) in [5.74, 6) is -0.580. The van der Waals surface area contributed by atoms with Crippen molar-refractivity contribution in [1.29, 1.82) is 0 Å². The summed E-state index contributed by atoms with van der Waals surface area (Å²) in [7, 11) is 0. The minimum atomic E-state index is -4.54. The highest BCUT2D eigenvalue weighted by Gasteiger charge is 2.38. The van der Waals surface area contributed by atoms with Gasteiger partial charge in [0, 0.05) is 35.6 Å². The van der Waals surface area contributed by atoms with Gasteiger partial charge in [0.05, 0.1) is 15.8 Å². The van der Waals surface area contributed by atoms with Crippen molar-refractivity contribution < 1.29 is 22.8 Å². The number of pyridine rings is 1. The van der Waals surface area contributed by atoms with Crippen LogP contribution in [-0.2, 0) is 15.8 Å². The summed E-state index contributed by atoms with van der Waals surface area (Å²) >= 11 is 12.9. The lowest BCUT2D eigenvalue weighted by Crippen LogP contribution is -2.35. The molecule has 1 unspecified atom stereocenters. The second-order valence-electron chi connectivity index (χ2n) is 6.13. The lowest BCUT2D eigenvalue weighted by atomic mass is 10.3. The van der Waals surface area contributed by atoms with Crippen LogP contribution in [0.2, 0.25) is 10.0 Å². The van der Waals surface area contributed by atoms with Crippen molar-refractivity contribution in [2.75, 3.05) is 18.4 Å². The molecule has 5 nitrogen and oxygen atoms in total. The van der Waals surface area contributed by atoms with Gasteiger partial charge in [0.1, 0.15) is 5.82 Å². The molecular formula is C18H14Cl2F3N3O2S. The van der Waals surface area contributed by atoms with E-state index in [2.05, 4.69) is 10.3 Å². The Morgan fingerprint density at radius 3 is 2.52 bits per heavy atom. The van der Waals surface area contributed by atoms with Gasteiger partial charge in [-0.1, -0.05) is 23.2 Å². The zero-order valence-electron chi connectivity index (χ0n) is 14.7. The first-order valence-corrected chi connectivity index (χ1v) is 10.0. The number of amides is 2. The number of rotatable bonds is 6. The Labute approximate surface area is 178 Å². The molecule has 29 heavy (non-hydrogen) atoms. The highest BCUT2D eigenvalue weighted by atomic mass is 35.5. The molecule has 1 atom stereocenters. The standard InChI is InChI=1S/C18H14Cl2F3N3O2S/c19-11-1-3-12(4-2-11)29-14-8-15(27)26(17(14)28)6-5-24-16-13(20)7-10(9-25-16)18(21,22)23/h1-4,7,9,14H,5-6,8H2,(H,24,25). The Morgan fingerprint density at radius 1 is 1.21 bits per heavy atom. The predicted molar refractivity (Wildman–Crippen MR) is 105 cm³/mol. The van der Waals surface area contributed by atoms with E-state index in [-0.39, 0.29) is 42.2 Å². The number of hydrogen-bond donors (Lipinski definition) is 1. The van der Waals surface area contributed by atoms with E-state index in [9.17, 15) is 22.8 Å². The van der Waals surface area contributed by atoms with Crippen LogP contribution in [0.25, 0.3) is 0 Å². The molecule has 11 heteroatoms. The lowest BCUT2D eigenvalue weighted by molar-refractivity contribution is -0.139. The molecule has 1 aliphatic heterocycles. The van der Waals surface area contributed by atoms with E-state index in [4.69, 9.17) is 23.2 Å². The largest absolute Gasteiger partial charge is 0.417 e. The van der Waals surface area contributed by atoms with Crippen LogP contribution in [0.1, 0.15) is 12.0 Å². The van der Waals surface area contributed by atoms with Crippen LogP contribution < -0.4 is 5.32 Å². The average Bonchev–Trinajstić information content (AvgIpc) is 2.91. The van der Waals surface area contributed by atoms with E-state index in [0.29, 0.717) is 11.2 Å². The fraction of sp³-hybridized carbons (Fsp3) is 0.278. The van der Waals surface area contributed by atoms with Crippen LogP contribution in [0.5, 0.6) is 0 Å². The molecule has 1 aromatic carbocycles. The highest BCUT2D eigenvalue weighted by molar-refractivity contribution is 8.00. The van der Waals surface area contributed by atoms with Crippen molar-refractivity contribution in [3.63, 3.8) is 0 Å². The Bertz CT molecular complexity index is 926.